The molecular formula is C25H22ClFN4O3S. The Bertz CT molecular complexity index is 1370. The molecule has 7 nitrogen and oxygen atoms in total. The number of likely N-dealkylation sites (tertiary alicyclic amines) is 1. The van der Waals surface area contributed by atoms with Gasteiger partial charge in [-0.15, -0.1) is 11.3 Å². The largest absolute Gasteiger partial charge is 0.493 e. The van der Waals surface area contributed by atoms with Gasteiger partial charge in [-0.25, -0.2) is 14.4 Å². The normalized spacial score (nSPS) is 15.7. The summed E-state index contributed by atoms with van der Waals surface area (Å²) in [5, 5.41) is 5.54. The van der Waals surface area contributed by atoms with Gasteiger partial charge in [-0.2, -0.15) is 0 Å². The van der Waals surface area contributed by atoms with E-state index in [2.05, 4.69) is 15.3 Å². The fraction of sp³-hybridized carbons (Fsp3) is 0.240. The van der Waals surface area contributed by atoms with Gasteiger partial charge in [0.1, 0.15) is 18.2 Å². The van der Waals surface area contributed by atoms with Crippen molar-refractivity contribution >= 4 is 51.3 Å². The second kappa shape index (κ2) is 10.1. The van der Waals surface area contributed by atoms with Crippen molar-refractivity contribution < 1.29 is 18.7 Å². The van der Waals surface area contributed by atoms with Crippen LogP contribution in [0.2, 0.25) is 5.02 Å². The van der Waals surface area contributed by atoms with Crippen LogP contribution in [0, 0.1) is 5.82 Å². The first-order valence-corrected chi connectivity index (χ1v) is 12.3. The van der Waals surface area contributed by atoms with Crippen LogP contribution in [-0.4, -0.2) is 47.1 Å². The van der Waals surface area contributed by atoms with Crippen LogP contribution >= 0.6 is 22.9 Å². The summed E-state index contributed by atoms with van der Waals surface area (Å²) in [5.74, 6) is 0.866. The number of halogens is 2. The minimum Gasteiger partial charge on any atom is -0.493 e. The summed E-state index contributed by atoms with van der Waals surface area (Å²) in [6.07, 6.45) is 2.83. The number of aromatic nitrogens is 2. The lowest BCUT2D eigenvalue weighted by Gasteiger charge is -2.33. The van der Waals surface area contributed by atoms with Gasteiger partial charge in [-0.1, -0.05) is 23.7 Å². The molecule has 0 unspecified atom stereocenters. The molecular weight excluding hydrogens is 491 g/mol. The molecule has 10 heteroatoms. The average Bonchev–Trinajstić information content (AvgIpc) is 3.41. The number of carbonyl (C=O) groups is 1. The van der Waals surface area contributed by atoms with Crippen LogP contribution in [0.4, 0.5) is 15.9 Å². The van der Waals surface area contributed by atoms with E-state index >= 15 is 0 Å². The highest BCUT2D eigenvalue weighted by Crippen LogP contribution is 2.36. The average molecular weight is 513 g/mol. The number of fused-ring (bicyclic) bond motifs is 1. The molecule has 4 aromatic rings. The third-order valence-electron chi connectivity index (χ3n) is 5.82. The second-order valence-corrected chi connectivity index (χ2v) is 9.43. The van der Waals surface area contributed by atoms with Gasteiger partial charge in [0, 0.05) is 18.0 Å². The summed E-state index contributed by atoms with van der Waals surface area (Å²) in [5.41, 5.74) is 0.804. The van der Waals surface area contributed by atoms with Gasteiger partial charge in [0.2, 0.25) is 0 Å². The molecule has 0 saturated carbocycles. The van der Waals surface area contributed by atoms with Gasteiger partial charge in [-0.05, 0) is 42.5 Å². The number of ether oxygens (including phenoxy) is 2. The molecule has 3 heterocycles. The molecule has 1 amide bonds. The van der Waals surface area contributed by atoms with Crippen molar-refractivity contribution in [1.82, 2.24) is 14.9 Å². The van der Waals surface area contributed by atoms with Crippen molar-refractivity contribution in [3.63, 3.8) is 0 Å². The number of benzene rings is 2. The fourth-order valence-electron chi connectivity index (χ4n) is 4.10. The molecule has 0 radical (unpaired) electrons. The summed E-state index contributed by atoms with van der Waals surface area (Å²) in [6, 6.07) is 12.0. The number of hydrogen-bond donors (Lipinski definition) is 1. The van der Waals surface area contributed by atoms with Crippen LogP contribution in [0.1, 0.15) is 22.5 Å². The smallest absolute Gasteiger partial charge is 0.264 e. The van der Waals surface area contributed by atoms with Gasteiger partial charge in [-0.3, -0.25) is 4.79 Å². The lowest BCUT2D eigenvalue weighted by molar-refractivity contribution is 0.0537. The van der Waals surface area contributed by atoms with E-state index in [0.717, 1.165) is 17.7 Å². The number of piperidine rings is 1. The topological polar surface area (TPSA) is 76.6 Å². The Balaban J connectivity index is 1.43. The van der Waals surface area contributed by atoms with Crippen LogP contribution in [0.5, 0.6) is 11.5 Å². The van der Waals surface area contributed by atoms with E-state index < -0.39 is 5.82 Å². The van der Waals surface area contributed by atoms with Gasteiger partial charge < -0.3 is 19.7 Å². The third-order valence-corrected chi connectivity index (χ3v) is 6.97. The van der Waals surface area contributed by atoms with Crippen molar-refractivity contribution in [3.05, 3.63) is 69.9 Å². The van der Waals surface area contributed by atoms with Crippen LogP contribution in [0.25, 0.3) is 10.9 Å². The van der Waals surface area contributed by atoms with Crippen LogP contribution in [0.3, 0.4) is 0 Å². The van der Waals surface area contributed by atoms with Crippen LogP contribution < -0.4 is 14.8 Å². The van der Waals surface area contributed by atoms with E-state index in [-0.39, 0.29) is 22.7 Å². The van der Waals surface area contributed by atoms with E-state index in [0.29, 0.717) is 41.3 Å². The predicted octanol–water partition coefficient (Wildman–Crippen LogP) is 5.92. The summed E-state index contributed by atoms with van der Waals surface area (Å²) >= 11 is 7.36. The maximum atomic E-state index is 14.5. The summed E-state index contributed by atoms with van der Waals surface area (Å²) in [7, 11) is 1.56. The zero-order valence-corrected chi connectivity index (χ0v) is 20.4. The van der Waals surface area contributed by atoms with Crippen molar-refractivity contribution in [1.29, 1.82) is 0 Å². The molecule has 1 N–H and O–H groups in total. The number of amides is 1. The first-order valence-electron chi connectivity index (χ1n) is 11.1. The molecule has 2 aromatic carbocycles. The van der Waals surface area contributed by atoms with Crippen LogP contribution in [-0.2, 0) is 0 Å². The molecule has 0 spiro atoms. The minimum absolute atomic E-state index is 0.0120. The maximum absolute atomic E-state index is 14.5. The summed E-state index contributed by atoms with van der Waals surface area (Å²) in [6.45, 7) is 1.17. The standard InChI is InChI=1S/C25H22ClFN4O3S/c1-33-20-12-19-16(24(29-14-28-19)30-18-7-2-6-17(26)23(18)27)11-21(20)34-15-5-3-9-31(13-15)25(32)22-8-4-10-35-22/h2,4,6-8,10-12,14-15H,3,5,9,13H2,1H3,(H,28,29,30)/t15-/m1/s1. The quantitative estimate of drug-likeness (QED) is 0.345. The van der Waals surface area contributed by atoms with E-state index in [1.54, 1.807) is 31.4 Å². The van der Waals surface area contributed by atoms with E-state index in [4.69, 9.17) is 21.1 Å². The molecule has 2 aromatic heterocycles. The predicted molar refractivity (Wildman–Crippen MR) is 135 cm³/mol. The highest BCUT2D eigenvalue weighted by molar-refractivity contribution is 7.12. The van der Waals surface area contributed by atoms with Gasteiger partial charge in [0.05, 0.1) is 34.8 Å². The number of nitrogens with one attached hydrogen (secondary N) is 1. The first-order chi connectivity index (χ1) is 17.0. The molecule has 1 atom stereocenters. The highest BCUT2D eigenvalue weighted by atomic mass is 35.5. The van der Waals surface area contributed by atoms with Crippen molar-refractivity contribution in [2.45, 2.75) is 18.9 Å². The number of carbonyl (C=O) groups excluding carboxylic acids is 1. The van der Waals surface area contributed by atoms with E-state index in [9.17, 15) is 9.18 Å². The zero-order chi connectivity index (χ0) is 24.4. The fourth-order valence-corrected chi connectivity index (χ4v) is 4.96. The summed E-state index contributed by atoms with van der Waals surface area (Å²) in [4.78, 5) is 24.0. The van der Waals surface area contributed by atoms with Gasteiger partial charge >= 0.3 is 0 Å². The van der Waals surface area contributed by atoms with Crippen molar-refractivity contribution in [2.24, 2.45) is 0 Å². The first kappa shape index (κ1) is 23.3. The summed E-state index contributed by atoms with van der Waals surface area (Å²) < 4.78 is 26.4. The molecule has 1 aliphatic heterocycles. The molecule has 1 aliphatic rings. The Morgan fingerprint density at radius 2 is 2.11 bits per heavy atom. The van der Waals surface area contributed by atoms with Gasteiger partial charge in [0.25, 0.3) is 5.91 Å². The van der Waals surface area contributed by atoms with E-state index in [1.807, 2.05) is 22.4 Å². The third kappa shape index (κ3) is 4.87. The molecule has 0 bridgehead atoms. The molecule has 1 fully saturated rings. The Kier molecular flexibility index (Phi) is 6.70. The number of thiophene rings is 1. The second-order valence-electron chi connectivity index (χ2n) is 8.08. The number of methoxy groups -OCH3 is 1. The lowest BCUT2D eigenvalue weighted by Crippen LogP contribution is -2.44. The van der Waals surface area contributed by atoms with Crippen molar-refractivity contribution in [2.75, 3.05) is 25.5 Å². The molecule has 35 heavy (non-hydrogen) atoms. The monoisotopic (exact) mass is 512 g/mol. The highest BCUT2D eigenvalue weighted by Gasteiger charge is 2.27. The zero-order valence-electron chi connectivity index (χ0n) is 18.8. The van der Waals surface area contributed by atoms with Crippen molar-refractivity contribution in [3.8, 4) is 11.5 Å². The number of rotatable bonds is 6. The molecule has 5 rings (SSSR count). The maximum Gasteiger partial charge on any atom is 0.264 e. The Morgan fingerprint density at radius 1 is 1.23 bits per heavy atom. The Labute approximate surface area is 210 Å². The molecule has 1 saturated heterocycles. The SMILES string of the molecule is COc1cc2ncnc(Nc3cccc(Cl)c3F)c2cc1O[C@@H]1CCCN(C(=O)c2cccs2)C1. The van der Waals surface area contributed by atoms with Gasteiger partial charge in [0.15, 0.2) is 17.3 Å². The van der Waals surface area contributed by atoms with E-state index in [1.165, 1.54) is 23.7 Å². The lowest BCUT2D eigenvalue weighted by atomic mass is 10.1. The number of nitrogens with zero attached hydrogens (tertiary/aromatic N) is 3. The molecule has 0 aliphatic carbocycles. The minimum atomic E-state index is -0.566. The molecule has 180 valence electrons. The number of anilines is 2. The van der Waals surface area contributed by atoms with Crippen LogP contribution in [0.15, 0.2) is 54.2 Å². The Morgan fingerprint density at radius 3 is 2.91 bits per heavy atom. The Hall–Kier alpha value is -3.43. The number of hydrogen-bond acceptors (Lipinski definition) is 7.